The van der Waals surface area contributed by atoms with Crippen molar-refractivity contribution in [3.05, 3.63) is 98.5 Å². The van der Waals surface area contributed by atoms with E-state index in [9.17, 15) is 20.6 Å². The van der Waals surface area contributed by atoms with Crippen molar-refractivity contribution in [2.24, 2.45) is 11.3 Å². The molecule has 0 spiro atoms. The van der Waals surface area contributed by atoms with Crippen molar-refractivity contribution >= 4 is 23.3 Å². The minimum Gasteiger partial charge on any atom is -0.481 e. The van der Waals surface area contributed by atoms with Crippen molar-refractivity contribution in [1.82, 2.24) is 0 Å². The summed E-state index contributed by atoms with van der Waals surface area (Å²) in [5.74, 6) is -0.437. The summed E-state index contributed by atoms with van der Waals surface area (Å²) in [6.07, 6.45) is 12.3. The number of unbranched alkanes of at least 4 members (excludes halogenated alkanes) is 2. The van der Waals surface area contributed by atoms with Gasteiger partial charge in [-0.1, -0.05) is 89.1 Å². The number of allylic oxidation sites excluding steroid dienone is 9. The molecule has 2 aliphatic heterocycles. The molecule has 0 fully saturated rings. The van der Waals surface area contributed by atoms with Gasteiger partial charge in [-0.3, -0.25) is 4.79 Å². The van der Waals surface area contributed by atoms with Crippen LogP contribution in [0.4, 0.5) is 5.69 Å². The third-order valence-corrected chi connectivity index (χ3v) is 10.2. The SMILES string of the molecule is CC1(C)OC(=C(C#N)C#N)C(C#N)=C1/C=C/C1=C(Cl)C(=C/C=C2/N(CCCCCC(=O)O)c3ccccc3C2(C)C)/CC(C(C)(C)C)C1. The highest BCUT2D eigenvalue weighted by Gasteiger charge is 2.41. The van der Waals surface area contributed by atoms with E-state index in [4.69, 9.17) is 21.4 Å². The van der Waals surface area contributed by atoms with Gasteiger partial charge in [-0.2, -0.15) is 15.8 Å². The third kappa shape index (κ3) is 7.46. The molecule has 0 saturated heterocycles. The highest BCUT2D eigenvalue weighted by atomic mass is 35.5. The molecule has 0 aromatic heterocycles. The fourth-order valence-corrected chi connectivity index (χ4v) is 7.11. The van der Waals surface area contributed by atoms with E-state index in [0.717, 1.165) is 43.4 Å². The van der Waals surface area contributed by atoms with Crippen LogP contribution in [0.2, 0.25) is 0 Å². The minimum absolute atomic E-state index is 0.00495. The van der Waals surface area contributed by atoms with Gasteiger partial charge in [0.2, 0.25) is 0 Å². The summed E-state index contributed by atoms with van der Waals surface area (Å²) in [4.78, 5) is 13.4. The van der Waals surface area contributed by atoms with E-state index < -0.39 is 11.6 Å². The van der Waals surface area contributed by atoms with Crippen molar-refractivity contribution < 1.29 is 14.6 Å². The van der Waals surface area contributed by atoms with E-state index in [2.05, 4.69) is 82.0 Å². The number of benzene rings is 1. The Hall–Kier alpha value is -4.51. The predicted molar refractivity (Wildman–Crippen MR) is 189 cm³/mol. The van der Waals surface area contributed by atoms with Gasteiger partial charge in [-0.05, 0) is 79.7 Å². The van der Waals surface area contributed by atoms with E-state index in [-0.39, 0.29) is 34.2 Å². The second-order valence-electron chi connectivity index (χ2n) is 14.8. The van der Waals surface area contributed by atoms with Crippen LogP contribution in [0.1, 0.15) is 92.6 Å². The normalized spacial score (nSPS) is 21.7. The lowest BCUT2D eigenvalue weighted by atomic mass is 9.70. The number of fused-ring (bicyclic) bond motifs is 1. The summed E-state index contributed by atoms with van der Waals surface area (Å²) in [7, 11) is 0. The third-order valence-electron chi connectivity index (χ3n) is 9.75. The molecule has 1 aromatic rings. The van der Waals surface area contributed by atoms with Crippen LogP contribution in [0, 0.1) is 45.3 Å². The number of carboxylic acids is 1. The summed E-state index contributed by atoms with van der Waals surface area (Å²) in [6.45, 7) is 15.6. The van der Waals surface area contributed by atoms with Crippen molar-refractivity contribution in [2.75, 3.05) is 11.4 Å². The Morgan fingerprint density at radius 2 is 1.73 bits per heavy atom. The molecule has 0 saturated carbocycles. The molecule has 2 heterocycles. The molecule has 3 aliphatic rings. The maximum atomic E-state index is 11.0. The van der Waals surface area contributed by atoms with Gasteiger partial charge in [0.1, 0.15) is 29.4 Å². The van der Waals surface area contributed by atoms with Crippen LogP contribution in [-0.4, -0.2) is 23.2 Å². The number of hydrogen-bond acceptors (Lipinski definition) is 6. The van der Waals surface area contributed by atoms with Crippen molar-refractivity contribution in [3.63, 3.8) is 0 Å². The molecule has 0 bridgehead atoms. The van der Waals surface area contributed by atoms with E-state index in [1.165, 1.54) is 16.9 Å². The summed E-state index contributed by atoms with van der Waals surface area (Å²) < 4.78 is 5.96. The topological polar surface area (TPSA) is 121 Å². The summed E-state index contributed by atoms with van der Waals surface area (Å²) in [6, 6.07) is 14.3. The van der Waals surface area contributed by atoms with Crippen LogP contribution in [0.3, 0.4) is 0 Å². The number of halogens is 1. The number of carboxylic acid groups (broad SMARTS) is 1. The lowest BCUT2D eigenvalue weighted by Crippen LogP contribution is -2.27. The lowest BCUT2D eigenvalue weighted by Gasteiger charge is -2.36. The zero-order chi connectivity index (χ0) is 35.4. The molecular formula is C40H45ClN4O3. The molecule has 7 nitrogen and oxygen atoms in total. The number of hydrogen-bond donors (Lipinski definition) is 1. The van der Waals surface area contributed by atoms with Crippen LogP contribution in [0.5, 0.6) is 0 Å². The Labute approximate surface area is 290 Å². The van der Waals surface area contributed by atoms with Crippen LogP contribution in [-0.2, 0) is 14.9 Å². The van der Waals surface area contributed by atoms with Crippen LogP contribution in [0.15, 0.2) is 92.9 Å². The highest BCUT2D eigenvalue weighted by molar-refractivity contribution is 6.32. The first kappa shape index (κ1) is 36.3. The molecule has 250 valence electrons. The molecule has 1 unspecified atom stereocenters. The summed E-state index contributed by atoms with van der Waals surface area (Å²) in [5, 5.41) is 38.7. The van der Waals surface area contributed by atoms with Gasteiger partial charge in [0, 0.05) is 40.4 Å². The van der Waals surface area contributed by atoms with E-state index in [1.807, 2.05) is 38.1 Å². The smallest absolute Gasteiger partial charge is 0.303 e. The lowest BCUT2D eigenvalue weighted by molar-refractivity contribution is -0.137. The number of rotatable bonds is 9. The Morgan fingerprint density at radius 3 is 2.35 bits per heavy atom. The number of para-hydroxylation sites is 1. The van der Waals surface area contributed by atoms with Crippen molar-refractivity contribution in [3.8, 4) is 18.2 Å². The van der Waals surface area contributed by atoms with E-state index >= 15 is 0 Å². The fourth-order valence-electron chi connectivity index (χ4n) is 6.83. The van der Waals surface area contributed by atoms with Gasteiger partial charge in [0.05, 0.1) is 0 Å². The number of nitrogens with zero attached hydrogens (tertiary/aromatic N) is 4. The number of anilines is 1. The first-order valence-corrected chi connectivity index (χ1v) is 16.9. The molecule has 0 radical (unpaired) electrons. The van der Waals surface area contributed by atoms with Crippen molar-refractivity contribution in [1.29, 1.82) is 15.8 Å². The molecule has 1 aromatic carbocycles. The standard InChI is InChI=1S/C40H45ClN4O3/c1-38(2,3)29-21-26(16-18-31-30(25-44)37(28(23-42)24-43)48-40(31,6)7)36(41)27(22-29)17-19-34-39(4,5)32-13-10-11-14-33(32)45(34)20-12-8-9-15-35(46)47/h10-11,13-14,16-19,29H,8-9,12,15,20-22H2,1-7H3,(H,46,47)/b18-16+,27-17+,34-19+. The van der Waals surface area contributed by atoms with Crippen molar-refractivity contribution in [2.45, 2.75) is 98.0 Å². The van der Waals surface area contributed by atoms with Crippen LogP contribution in [0.25, 0.3) is 0 Å². The first-order valence-electron chi connectivity index (χ1n) is 16.5. The Balaban J connectivity index is 1.77. The second kappa shape index (κ2) is 14.3. The maximum Gasteiger partial charge on any atom is 0.303 e. The monoisotopic (exact) mass is 664 g/mol. The average molecular weight is 665 g/mol. The summed E-state index contributed by atoms with van der Waals surface area (Å²) in [5.41, 5.74) is 5.01. The molecule has 48 heavy (non-hydrogen) atoms. The molecule has 1 aliphatic carbocycles. The van der Waals surface area contributed by atoms with E-state index in [1.54, 1.807) is 0 Å². The quantitative estimate of drug-likeness (QED) is 0.206. The van der Waals surface area contributed by atoms with Gasteiger partial charge in [0.15, 0.2) is 11.3 Å². The zero-order valence-electron chi connectivity index (χ0n) is 29.1. The van der Waals surface area contributed by atoms with Gasteiger partial charge in [-0.15, -0.1) is 0 Å². The molecule has 0 amide bonds. The predicted octanol–water partition coefficient (Wildman–Crippen LogP) is 9.67. The largest absolute Gasteiger partial charge is 0.481 e. The Kier molecular flexibility index (Phi) is 10.8. The number of nitriles is 3. The van der Waals surface area contributed by atoms with Crippen LogP contribution < -0.4 is 4.90 Å². The Bertz CT molecular complexity index is 1780. The average Bonchev–Trinajstić information content (AvgIpc) is 3.40. The van der Waals surface area contributed by atoms with E-state index in [0.29, 0.717) is 22.9 Å². The van der Waals surface area contributed by atoms with Crippen LogP contribution >= 0.6 is 11.6 Å². The van der Waals surface area contributed by atoms with Gasteiger partial charge in [0.25, 0.3) is 0 Å². The molecule has 8 heteroatoms. The maximum absolute atomic E-state index is 11.0. The molecule has 1 N–H and O–H groups in total. The fraction of sp³-hybridized carbons (Fsp3) is 0.450. The number of carbonyl (C=O) groups is 1. The zero-order valence-corrected chi connectivity index (χ0v) is 29.8. The van der Waals surface area contributed by atoms with Gasteiger partial charge < -0.3 is 14.7 Å². The molecule has 1 atom stereocenters. The Morgan fingerprint density at radius 1 is 1.04 bits per heavy atom. The number of aliphatic carboxylic acids is 1. The second-order valence-corrected chi connectivity index (χ2v) is 15.2. The summed E-state index contributed by atoms with van der Waals surface area (Å²) >= 11 is 7.20. The highest BCUT2D eigenvalue weighted by Crippen LogP contribution is 2.49. The van der Waals surface area contributed by atoms with Gasteiger partial charge in [-0.25, -0.2) is 0 Å². The minimum atomic E-state index is -0.912. The number of ether oxygens (including phenoxy) is 1. The van der Waals surface area contributed by atoms with Gasteiger partial charge >= 0.3 is 5.97 Å². The first-order chi connectivity index (χ1) is 22.6. The molecule has 4 rings (SSSR count). The molecular weight excluding hydrogens is 620 g/mol.